The van der Waals surface area contributed by atoms with E-state index in [1.807, 2.05) is 48.8 Å². The van der Waals surface area contributed by atoms with E-state index in [9.17, 15) is 0 Å². The first-order chi connectivity index (χ1) is 16.3. The Balaban J connectivity index is 1.59. The van der Waals surface area contributed by atoms with Gasteiger partial charge in [0.05, 0.1) is 5.69 Å². The van der Waals surface area contributed by atoms with Crippen LogP contribution in [0.15, 0.2) is 79.3 Å². The number of nitrogens with one attached hydrogen (secondary N) is 1. The molecule has 33 heavy (non-hydrogen) atoms. The Kier molecular flexibility index (Phi) is 6.01. The second kappa shape index (κ2) is 9.56. The second-order valence-corrected chi connectivity index (χ2v) is 7.95. The summed E-state index contributed by atoms with van der Waals surface area (Å²) >= 11 is 0. The number of benzene rings is 2. The van der Waals surface area contributed by atoms with E-state index in [4.69, 9.17) is 0 Å². The number of aryl methyl sites for hydroxylation is 1. The van der Waals surface area contributed by atoms with E-state index < -0.39 is 0 Å². The lowest BCUT2D eigenvalue weighted by molar-refractivity contribution is 0.678. The molecule has 0 spiro atoms. The minimum Gasteiger partial charge on any atom is -0.331 e. The van der Waals surface area contributed by atoms with Crippen LogP contribution in [-0.2, 0) is 13.0 Å². The molecule has 164 valence electrons. The van der Waals surface area contributed by atoms with Gasteiger partial charge in [0.2, 0.25) is 5.82 Å². The molecule has 0 aliphatic carbocycles. The van der Waals surface area contributed by atoms with E-state index in [2.05, 4.69) is 72.5 Å². The van der Waals surface area contributed by atoms with Gasteiger partial charge in [0, 0.05) is 42.7 Å². The summed E-state index contributed by atoms with van der Waals surface area (Å²) in [5.41, 5.74) is 6.24. The van der Waals surface area contributed by atoms with Gasteiger partial charge in [0.1, 0.15) is 5.82 Å². The highest BCUT2D eigenvalue weighted by molar-refractivity contribution is 5.89. The summed E-state index contributed by atoms with van der Waals surface area (Å²) in [4.78, 5) is 9.22. The molecule has 0 aliphatic rings. The van der Waals surface area contributed by atoms with Crippen molar-refractivity contribution in [3.05, 3.63) is 90.6 Å². The zero-order chi connectivity index (χ0) is 22.5. The highest BCUT2D eigenvalue weighted by atomic mass is 15.5. The monoisotopic (exact) mass is 435 g/mol. The van der Waals surface area contributed by atoms with Crippen LogP contribution in [0.4, 0.5) is 0 Å². The summed E-state index contributed by atoms with van der Waals surface area (Å²) in [7, 11) is 0. The Labute approximate surface area is 192 Å². The molecular weight excluding hydrogens is 410 g/mol. The fraction of sp³-hybridized carbons (Fsp3) is 0.192. The van der Waals surface area contributed by atoms with E-state index >= 15 is 0 Å². The van der Waals surface area contributed by atoms with E-state index in [1.165, 1.54) is 5.56 Å². The molecule has 1 N–H and O–H groups in total. The first-order valence-electron chi connectivity index (χ1n) is 11.2. The van der Waals surface area contributed by atoms with E-state index in [1.54, 1.807) is 0 Å². The molecule has 3 heterocycles. The number of rotatable bonds is 8. The van der Waals surface area contributed by atoms with Gasteiger partial charge in [0.25, 0.3) is 0 Å². The van der Waals surface area contributed by atoms with Crippen molar-refractivity contribution in [2.24, 2.45) is 0 Å². The van der Waals surface area contributed by atoms with Crippen LogP contribution in [0.5, 0.6) is 0 Å². The standard InChI is InChI=1S/C26H25N7/c1-2-3-11-25-28-15-16-33(25)18-19-12-13-21(23(17-19)24-10-6-7-14-27-24)20-8-4-5-9-22(20)26-29-31-32-30-26/h4-10,12-17H,2-3,11,18H2,1H3,(H,29,30,31,32). The first kappa shape index (κ1) is 20.8. The molecule has 0 fully saturated rings. The Hall–Kier alpha value is -4.13. The maximum atomic E-state index is 4.65. The van der Waals surface area contributed by atoms with Gasteiger partial charge in [-0.25, -0.2) is 4.98 Å². The molecule has 7 nitrogen and oxygen atoms in total. The van der Waals surface area contributed by atoms with Crippen molar-refractivity contribution in [3.8, 4) is 33.8 Å². The summed E-state index contributed by atoms with van der Waals surface area (Å²) in [6.45, 7) is 2.98. The Morgan fingerprint density at radius 2 is 1.70 bits per heavy atom. The number of hydrogen-bond donors (Lipinski definition) is 1. The number of tetrazole rings is 1. The number of pyridine rings is 1. The molecule has 0 unspecified atom stereocenters. The van der Waals surface area contributed by atoms with Crippen molar-refractivity contribution in [1.82, 2.24) is 35.2 Å². The van der Waals surface area contributed by atoms with Crippen molar-refractivity contribution < 1.29 is 0 Å². The van der Waals surface area contributed by atoms with Gasteiger partial charge in [-0.2, -0.15) is 5.21 Å². The number of imidazole rings is 1. The first-order valence-corrected chi connectivity index (χ1v) is 11.2. The van der Waals surface area contributed by atoms with Gasteiger partial charge in [-0.1, -0.05) is 55.8 Å². The van der Waals surface area contributed by atoms with Crippen LogP contribution < -0.4 is 0 Å². The average Bonchev–Trinajstić information content (AvgIpc) is 3.56. The number of nitrogens with zero attached hydrogens (tertiary/aromatic N) is 6. The molecule has 0 saturated heterocycles. The topological polar surface area (TPSA) is 85.2 Å². The molecule has 0 aliphatic heterocycles. The van der Waals surface area contributed by atoms with Crippen molar-refractivity contribution in [1.29, 1.82) is 0 Å². The maximum Gasteiger partial charge on any atom is 0.205 e. The van der Waals surface area contributed by atoms with E-state index in [-0.39, 0.29) is 0 Å². The van der Waals surface area contributed by atoms with Crippen molar-refractivity contribution in [2.45, 2.75) is 32.7 Å². The Bertz CT molecular complexity index is 1320. The molecule has 0 amide bonds. The van der Waals surface area contributed by atoms with Crippen LogP contribution in [0.25, 0.3) is 33.8 Å². The van der Waals surface area contributed by atoms with Crippen molar-refractivity contribution in [2.75, 3.05) is 0 Å². The molecule has 3 aromatic heterocycles. The summed E-state index contributed by atoms with van der Waals surface area (Å²) in [5, 5.41) is 14.7. The quantitative estimate of drug-likeness (QED) is 0.363. The molecular formula is C26H25N7. The third-order valence-corrected chi connectivity index (χ3v) is 5.74. The summed E-state index contributed by atoms with van der Waals surface area (Å²) in [6, 6.07) is 20.7. The van der Waals surface area contributed by atoms with Crippen LogP contribution in [0.3, 0.4) is 0 Å². The largest absolute Gasteiger partial charge is 0.331 e. The lowest BCUT2D eigenvalue weighted by atomic mass is 9.92. The third-order valence-electron chi connectivity index (χ3n) is 5.74. The molecule has 5 rings (SSSR count). The predicted molar refractivity (Wildman–Crippen MR) is 128 cm³/mol. The lowest BCUT2D eigenvalue weighted by Gasteiger charge is -2.15. The number of unbranched alkanes of at least 4 members (excludes halogenated alkanes) is 1. The average molecular weight is 436 g/mol. The molecule has 2 aromatic carbocycles. The van der Waals surface area contributed by atoms with Gasteiger partial charge in [-0.15, -0.1) is 10.2 Å². The van der Waals surface area contributed by atoms with Crippen LogP contribution in [-0.4, -0.2) is 35.2 Å². The van der Waals surface area contributed by atoms with Gasteiger partial charge < -0.3 is 4.57 Å². The predicted octanol–water partition coefficient (Wildman–Crippen LogP) is 5.18. The van der Waals surface area contributed by atoms with Crippen LogP contribution in [0, 0.1) is 0 Å². The van der Waals surface area contributed by atoms with Gasteiger partial charge in [0.15, 0.2) is 0 Å². The lowest BCUT2D eigenvalue weighted by Crippen LogP contribution is -2.05. The third kappa shape index (κ3) is 4.43. The number of aromatic amines is 1. The summed E-state index contributed by atoms with van der Waals surface area (Å²) in [6.07, 6.45) is 9.07. The molecule has 0 radical (unpaired) electrons. The van der Waals surface area contributed by atoms with Crippen molar-refractivity contribution in [3.63, 3.8) is 0 Å². The van der Waals surface area contributed by atoms with Crippen LogP contribution in [0.1, 0.15) is 31.2 Å². The molecule has 5 aromatic rings. The highest BCUT2D eigenvalue weighted by Gasteiger charge is 2.16. The maximum absolute atomic E-state index is 4.65. The summed E-state index contributed by atoms with van der Waals surface area (Å²) in [5.74, 6) is 1.70. The van der Waals surface area contributed by atoms with Gasteiger partial charge in [-0.05, 0) is 46.5 Å². The highest BCUT2D eigenvalue weighted by Crippen LogP contribution is 2.37. The van der Waals surface area contributed by atoms with Crippen molar-refractivity contribution >= 4 is 0 Å². The molecule has 7 heteroatoms. The minimum atomic E-state index is 0.570. The SMILES string of the molecule is CCCCc1nccn1Cc1ccc(-c2ccccc2-c2nn[nH]n2)c(-c2ccccn2)c1. The zero-order valence-corrected chi connectivity index (χ0v) is 18.5. The Morgan fingerprint density at radius 3 is 2.48 bits per heavy atom. The molecule has 0 bridgehead atoms. The minimum absolute atomic E-state index is 0.570. The second-order valence-electron chi connectivity index (χ2n) is 7.95. The van der Waals surface area contributed by atoms with Gasteiger partial charge >= 0.3 is 0 Å². The van der Waals surface area contributed by atoms with Crippen LogP contribution >= 0.6 is 0 Å². The Morgan fingerprint density at radius 1 is 0.848 bits per heavy atom. The zero-order valence-electron chi connectivity index (χ0n) is 18.5. The molecule has 0 atom stereocenters. The van der Waals surface area contributed by atoms with Gasteiger partial charge in [-0.3, -0.25) is 4.98 Å². The van der Waals surface area contributed by atoms with Crippen LogP contribution in [0.2, 0.25) is 0 Å². The fourth-order valence-corrected chi connectivity index (χ4v) is 4.09. The fourth-order valence-electron chi connectivity index (χ4n) is 4.09. The van der Waals surface area contributed by atoms with E-state index in [0.717, 1.165) is 59.6 Å². The van der Waals surface area contributed by atoms with E-state index in [0.29, 0.717) is 5.82 Å². The normalized spacial score (nSPS) is 11.1. The summed E-state index contributed by atoms with van der Waals surface area (Å²) < 4.78 is 2.24. The molecule has 0 saturated carbocycles. The number of H-pyrrole nitrogens is 1. The smallest absolute Gasteiger partial charge is 0.205 e. The number of aromatic nitrogens is 7. The number of hydrogen-bond acceptors (Lipinski definition) is 5.